The molecule has 0 saturated heterocycles. The molecule has 5 heteroatoms. The summed E-state index contributed by atoms with van der Waals surface area (Å²) in [5.74, 6) is -1.52. The highest BCUT2D eigenvalue weighted by atomic mass is 19.3. The number of rotatable bonds is 1. The monoisotopic (exact) mass is 191 g/mol. The summed E-state index contributed by atoms with van der Waals surface area (Å²) in [6.45, 7) is 0. The number of carboxylic acid groups (broad SMARTS) is 1. The number of nitrogens with two attached hydrogens (primary N) is 1. The molecular formula is C8H11F2NO2. The lowest BCUT2D eigenvalue weighted by atomic mass is 9.83. The van der Waals surface area contributed by atoms with Crippen molar-refractivity contribution in [3.8, 4) is 0 Å². The van der Waals surface area contributed by atoms with Gasteiger partial charge in [-0.05, 0) is 19.3 Å². The molecule has 1 aliphatic rings. The van der Waals surface area contributed by atoms with Gasteiger partial charge in [0.15, 0.2) is 0 Å². The zero-order valence-corrected chi connectivity index (χ0v) is 6.96. The number of aliphatic carboxylic acids is 1. The minimum atomic E-state index is -1.75. The Kier molecular flexibility index (Phi) is 2.98. The first kappa shape index (κ1) is 10.1. The summed E-state index contributed by atoms with van der Waals surface area (Å²) in [5, 5.41) is 8.62. The maximum absolute atomic E-state index is 12.2. The first-order valence-corrected chi connectivity index (χ1v) is 4.04. The van der Waals surface area contributed by atoms with Crippen LogP contribution in [0.3, 0.4) is 0 Å². The average Bonchev–Trinajstić information content (AvgIpc) is 2.03. The standard InChI is InChI=1S/C8H11F2NO2/c9-7(10)5-2-1-4(8(12)13)3-6(5)11/h4,6H,1-3,11H2,(H,12,13). The van der Waals surface area contributed by atoms with E-state index in [2.05, 4.69) is 0 Å². The summed E-state index contributed by atoms with van der Waals surface area (Å²) in [6.07, 6.45) is -1.28. The second-order valence-electron chi connectivity index (χ2n) is 3.20. The lowest BCUT2D eigenvalue weighted by Crippen LogP contribution is -2.33. The Balaban J connectivity index is 2.67. The lowest BCUT2D eigenvalue weighted by Gasteiger charge is -2.25. The van der Waals surface area contributed by atoms with Gasteiger partial charge in [0.1, 0.15) is 0 Å². The third-order valence-electron chi connectivity index (χ3n) is 2.34. The van der Waals surface area contributed by atoms with Crippen molar-refractivity contribution in [3.63, 3.8) is 0 Å². The van der Waals surface area contributed by atoms with Crippen LogP contribution in [0.15, 0.2) is 11.7 Å². The fourth-order valence-electron chi connectivity index (χ4n) is 1.54. The Bertz CT molecular complexity index is 249. The van der Waals surface area contributed by atoms with E-state index in [9.17, 15) is 13.6 Å². The summed E-state index contributed by atoms with van der Waals surface area (Å²) in [5.41, 5.74) is 5.32. The number of carboxylic acids is 1. The number of carbonyl (C=O) groups is 1. The maximum atomic E-state index is 12.2. The molecule has 74 valence electrons. The van der Waals surface area contributed by atoms with Crippen molar-refractivity contribution in [2.75, 3.05) is 0 Å². The van der Waals surface area contributed by atoms with Crippen LogP contribution in [0.5, 0.6) is 0 Å². The van der Waals surface area contributed by atoms with E-state index in [1.807, 2.05) is 0 Å². The van der Waals surface area contributed by atoms with Crippen LogP contribution in [0.2, 0.25) is 0 Å². The molecule has 0 spiro atoms. The van der Waals surface area contributed by atoms with Gasteiger partial charge in [0.05, 0.1) is 5.92 Å². The Labute approximate surface area is 74.2 Å². The maximum Gasteiger partial charge on any atom is 0.306 e. The Hall–Kier alpha value is -0.970. The van der Waals surface area contributed by atoms with E-state index in [-0.39, 0.29) is 24.8 Å². The fourth-order valence-corrected chi connectivity index (χ4v) is 1.54. The van der Waals surface area contributed by atoms with Gasteiger partial charge in [-0.25, -0.2) is 0 Å². The Morgan fingerprint density at radius 3 is 2.54 bits per heavy atom. The van der Waals surface area contributed by atoms with E-state index < -0.39 is 24.0 Å². The van der Waals surface area contributed by atoms with Crippen LogP contribution in [0.25, 0.3) is 0 Å². The van der Waals surface area contributed by atoms with Crippen molar-refractivity contribution in [2.45, 2.75) is 25.3 Å². The van der Waals surface area contributed by atoms with Crippen molar-refractivity contribution in [3.05, 3.63) is 11.7 Å². The molecule has 3 N–H and O–H groups in total. The zero-order chi connectivity index (χ0) is 10.0. The number of hydrogen-bond acceptors (Lipinski definition) is 2. The molecule has 0 aliphatic heterocycles. The van der Waals surface area contributed by atoms with Gasteiger partial charge in [-0.15, -0.1) is 0 Å². The van der Waals surface area contributed by atoms with Crippen LogP contribution in [-0.4, -0.2) is 17.1 Å². The predicted octanol–water partition coefficient (Wildman–Crippen LogP) is 1.35. The van der Waals surface area contributed by atoms with Crippen LogP contribution in [-0.2, 0) is 4.79 Å². The van der Waals surface area contributed by atoms with Crippen LogP contribution < -0.4 is 5.73 Å². The SMILES string of the molecule is NC1CC(C(=O)O)CCC1=C(F)F. The molecule has 1 fully saturated rings. The summed E-state index contributed by atoms with van der Waals surface area (Å²) in [4.78, 5) is 10.5. The molecule has 0 radical (unpaired) electrons. The highest BCUT2D eigenvalue weighted by Gasteiger charge is 2.30. The van der Waals surface area contributed by atoms with E-state index >= 15 is 0 Å². The van der Waals surface area contributed by atoms with Gasteiger partial charge < -0.3 is 10.8 Å². The first-order chi connectivity index (χ1) is 6.02. The van der Waals surface area contributed by atoms with Crippen LogP contribution in [0.1, 0.15) is 19.3 Å². The molecule has 0 heterocycles. The van der Waals surface area contributed by atoms with E-state index in [1.54, 1.807) is 0 Å². The molecule has 1 aliphatic carbocycles. The third-order valence-corrected chi connectivity index (χ3v) is 2.34. The Morgan fingerprint density at radius 2 is 2.15 bits per heavy atom. The summed E-state index contributed by atoms with van der Waals surface area (Å²) in [6, 6.07) is -0.792. The molecule has 0 amide bonds. The molecule has 0 aromatic heterocycles. The van der Waals surface area contributed by atoms with Gasteiger partial charge in [-0.3, -0.25) is 4.79 Å². The summed E-state index contributed by atoms with van der Waals surface area (Å²) >= 11 is 0. The van der Waals surface area contributed by atoms with Gasteiger partial charge in [0, 0.05) is 11.6 Å². The molecule has 3 nitrogen and oxygen atoms in total. The van der Waals surface area contributed by atoms with Gasteiger partial charge in [-0.1, -0.05) is 0 Å². The average molecular weight is 191 g/mol. The van der Waals surface area contributed by atoms with Crippen molar-refractivity contribution in [1.29, 1.82) is 0 Å². The van der Waals surface area contributed by atoms with Crippen molar-refractivity contribution < 1.29 is 18.7 Å². The molecule has 1 rings (SSSR count). The quantitative estimate of drug-likeness (QED) is 0.657. The number of hydrogen-bond donors (Lipinski definition) is 2. The molecule has 0 aromatic carbocycles. The highest BCUT2D eigenvalue weighted by molar-refractivity contribution is 5.70. The third kappa shape index (κ3) is 2.24. The summed E-state index contributed by atoms with van der Waals surface area (Å²) < 4.78 is 24.3. The van der Waals surface area contributed by atoms with Gasteiger partial charge in [0.25, 0.3) is 6.08 Å². The van der Waals surface area contributed by atoms with E-state index in [1.165, 1.54) is 0 Å². The molecule has 2 unspecified atom stereocenters. The van der Waals surface area contributed by atoms with Crippen molar-refractivity contribution >= 4 is 5.97 Å². The van der Waals surface area contributed by atoms with Gasteiger partial charge in [-0.2, -0.15) is 8.78 Å². The Morgan fingerprint density at radius 1 is 1.54 bits per heavy atom. The fraction of sp³-hybridized carbons (Fsp3) is 0.625. The van der Waals surface area contributed by atoms with E-state index in [4.69, 9.17) is 10.8 Å². The minimum absolute atomic E-state index is 0.0856. The van der Waals surface area contributed by atoms with Crippen molar-refractivity contribution in [1.82, 2.24) is 0 Å². The molecular weight excluding hydrogens is 180 g/mol. The normalized spacial score (nSPS) is 28.7. The van der Waals surface area contributed by atoms with Gasteiger partial charge >= 0.3 is 5.97 Å². The second kappa shape index (κ2) is 3.83. The lowest BCUT2D eigenvalue weighted by molar-refractivity contribution is -0.142. The van der Waals surface area contributed by atoms with E-state index in [0.717, 1.165) is 0 Å². The molecule has 1 saturated carbocycles. The van der Waals surface area contributed by atoms with Crippen LogP contribution in [0, 0.1) is 5.92 Å². The van der Waals surface area contributed by atoms with Crippen LogP contribution >= 0.6 is 0 Å². The molecule has 0 bridgehead atoms. The first-order valence-electron chi connectivity index (χ1n) is 4.04. The topological polar surface area (TPSA) is 63.3 Å². The molecule has 13 heavy (non-hydrogen) atoms. The van der Waals surface area contributed by atoms with E-state index in [0.29, 0.717) is 0 Å². The molecule has 2 atom stereocenters. The predicted molar refractivity (Wildman–Crippen MR) is 42.2 cm³/mol. The molecule has 0 aromatic rings. The minimum Gasteiger partial charge on any atom is -0.481 e. The largest absolute Gasteiger partial charge is 0.481 e. The zero-order valence-electron chi connectivity index (χ0n) is 6.96. The second-order valence-corrected chi connectivity index (χ2v) is 3.20. The summed E-state index contributed by atoms with van der Waals surface area (Å²) in [7, 11) is 0. The highest BCUT2D eigenvalue weighted by Crippen LogP contribution is 2.30. The van der Waals surface area contributed by atoms with Crippen LogP contribution in [0.4, 0.5) is 8.78 Å². The smallest absolute Gasteiger partial charge is 0.306 e. The van der Waals surface area contributed by atoms with Crippen molar-refractivity contribution in [2.24, 2.45) is 11.7 Å². The van der Waals surface area contributed by atoms with Gasteiger partial charge in [0.2, 0.25) is 0 Å². The number of halogens is 2.